The van der Waals surface area contributed by atoms with Gasteiger partial charge >= 0.3 is 0 Å². The Morgan fingerprint density at radius 2 is 2.00 bits per heavy atom. The van der Waals surface area contributed by atoms with E-state index in [4.69, 9.17) is 5.73 Å². The van der Waals surface area contributed by atoms with Crippen LogP contribution in [0.15, 0.2) is 24.5 Å². The molecule has 0 saturated carbocycles. The Balaban J connectivity index is 1.74. The fourth-order valence-corrected chi connectivity index (χ4v) is 2.30. The van der Waals surface area contributed by atoms with E-state index in [0.717, 1.165) is 32.6 Å². The maximum atomic E-state index is 5.49. The van der Waals surface area contributed by atoms with Crippen LogP contribution in [0.5, 0.6) is 0 Å². The highest BCUT2D eigenvalue weighted by Gasteiger charge is 2.18. The van der Waals surface area contributed by atoms with Crippen molar-refractivity contribution in [1.82, 2.24) is 10.3 Å². The van der Waals surface area contributed by atoms with Crippen molar-refractivity contribution in [3.8, 4) is 0 Å². The van der Waals surface area contributed by atoms with Gasteiger partial charge in [0.25, 0.3) is 0 Å². The van der Waals surface area contributed by atoms with Crippen LogP contribution in [-0.2, 0) is 0 Å². The Morgan fingerprint density at radius 1 is 1.29 bits per heavy atom. The fraction of sp³-hybridized carbons (Fsp3) is 0.615. The largest absolute Gasteiger partial charge is 0.371 e. The van der Waals surface area contributed by atoms with Crippen LogP contribution < -0.4 is 16.0 Å². The number of piperidine rings is 1. The monoisotopic (exact) mass is 234 g/mol. The lowest BCUT2D eigenvalue weighted by molar-refractivity contribution is 0.414. The maximum absolute atomic E-state index is 5.49. The zero-order valence-electron chi connectivity index (χ0n) is 10.3. The minimum atomic E-state index is 0.666. The second kappa shape index (κ2) is 6.57. The molecule has 0 bridgehead atoms. The lowest BCUT2D eigenvalue weighted by atomic mass is 10.0. The second-order valence-corrected chi connectivity index (χ2v) is 4.56. The van der Waals surface area contributed by atoms with Crippen LogP contribution in [0.2, 0.25) is 0 Å². The van der Waals surface area contributed by atoms with E-state index in [1.165, 1.54) is 18.5 Å². The summed E-state index contributed by atoms with van der Waals surface area (Å²) in [6, 6.07) is 4.84. The molecule has 2 rings (SSSR count). The van der Waals surface area contributed by atoms with Gasteiger partial charge in [0.15, 0.2) is 0 Å². The van der Waals surface area contributed by atoms with Gasteiger partial charge in [-0.1, -0.05) is 0 Å². The zero-order valence-corrected chi connectivity index (χ0v) is 10.3. The molecule has 4 nitrogen and oxygen atoms in total. The summed E-state index contributed by atoms with van der Waals surface area (Å²) in [7, 11) is 0. The summed E-state index contributed by atoms with van der Waals surface area (Å²) in [6.07, 6.45) is 7.23. The van der Waals surface area contributed by atoms with Crippen molar-refractivity contribution in [3.63, 3.8) is 0 Å². The molecule has 0 spiro atoms. The van der Waals surface area contributed by atoms with Crippen molar-refractivity contribution < 1.29 is 0 Å². The smallest absolute Gasteiger partial charge is 0.0397 e. The van der Waals surface area contributed by atoms with Gasteiger partial charge in [0.05, 0.1) is 0 Å². The molecule has 94 valence electrons. The molecule has 17 heavy (non-hydrogen) atoms. The normalized spacial score (nSPS) is 17.4. The van der Waals surface area contributed by atoms with Crippen molar-refractivity contribution in [2.75, 3.05) is 31.1 Å². The van der Waals surface area contributed by atoms with Gasteiger partial charge in [0.2, 0.25) is 0 Å². The van der Waals surface area contributed by atoms with Crippen molar-refractivity contribution in [3.05, 3.63) is 24.5 Å². The summed E-state index contributed by atoms with van der Waals surface area (Å²) in [5.74, 6) is 0. The molecule has 3 N–H and O–H groups in total. The van der Waals surface area contributed by atoms with Gasteiger partial charge in [-0.2, -0.15) is 0 Å². The van der Waals surface area contributed by atoms with Gasteiger partial charge in [-0.05, 0) is 44.5 Å². The first-order chi connectivity index (χ1) is 8.40. The van der Waals surface area contributed by atoms with Crippen LogP contribution in [0.4, 0.5) is 5.69 Å². The fourth-order valence-electron chi connectivity index (χ4n) is 2.30. The van der Waals surface area contributed by atoms with E-state index in [1.807, 2.05) is 12.4 Å². The molecule has 1 aromatic rings. The lowest BCUT2D eigenvalue weighted by Crippen LogP contribution is -2.43. The molecular formula is C13H22N4. The number of nitrogens with one attached hydrogen (secondary N) is 1. The minimum absolute atomic E-state index is 0.666. The standard InChI is InChI=1S/C13H22N4/c14-6-1-7-16-12-4-10-17(11-5-12)13-2-8-15-9-3-13/h2-3,8-9,12,16H,1,4-7,10-11,14H2. The average Bonchev–Trinajstić information content (AvgIpc) is 2.41. The Hall–Kier alpha value is -1.13. The average molecular weight is 234 g/mol. The SMILES string of the molecule is NCCCNC1CCN(c2ccncc2)CC1. The Kier molecular flexibility index (Phi) is 4.76. The summed E-state index contributed by atoms with van der Waals surface area (Å²) in [4.78, 5) is 6.49. The summed E-state index contributed by atoms with van der Waals surface area (Å²) in [6.45, 7) is 4.09. The zero-order chi connectivity index (χ0) is 11.9. The summed E-state index contributed by atoms with van der Waals surface area (Å²) >= 11 is 0. The van der Waals surface area contributed by atoms with E-state index in [0.29, 0.717) is 6.04 Å². The predicted molar refractivity (Wildman–Crippen MR) is 71.1 cm³/mol. The summed E-state index contributed by atoms with van der Waals surface area (Å²) in [5, 5.41) is 3.58. The minimum Gasteiger partial charge on any atom is -0.371 e. The molecule has 2 heterocycles. The Morgan fingerprint density at radius 3 is 2.65 bits per heavy atom. The number of nitrogens with two attached hydrogens (primary N) is 1. The van der Waals surface area contributed by atoms with Crippen LogP contribution in [0, 0.1) is 0 Å². The number of hydrogen-bond acceptors (Lipinski definition) is 4. The van der Waals surface area contributed by atoms with E-state index in [2.05, 4.69) is 27.3 Å². The number of pyridine rings is 1. The van der Waals surface area contributed by atoms with Gasteiger partial charge in [-0.25, -0.2) is 0 Å². The third-order valence-corrected chi connectivity index (χ3v) is 3.34. The number of rotatable bonds is 5. The number of anilines is 1. The van der Waals surface area contributed by atoms with Crippen LogP contribution >= 0.6 is 0 Å². The molecular weight excluding hydrogens is 212 g/mol. The van der Waals surface area contributed by atoms with Crippen LogP contribution in [0.1, 0.15) is 19.3 Å². The third-order valence-electron chi connectivity index (χ3n) is 3.34. The Bertz CT molecular complexity index is 306. The molecule has 0 aliphatic carbocycles. The number of hydrogen-bond donors (Lipinski definition) is 2. The number of aromatic nitrogens is 1. The molecule has 1 aliphatic heterocycles. The highest BCUT2D eigenvalue weighted by Crippen LogP contribution is 2.18. The molecule has 0 unspecified atom stereocenters. The highest BCUT2D eigenvalue weighted by atomic mass is 15.1. The highest BCUT2D eigenvalue weighted by molar-refractivity contribution is 5.44. The number of nitrogens with zero attached hydrogens (tertiary/aromatic N) is 2. The van der Waals surface area contributed by atoms with Crippen LogP contribution in [-0.4, -0.2) is 37.2 Å². The lowest BCUT2D eigenvalue weighted by Gasteiger charge is -2.34. The van der Waals surface area contributed by atoms with Crippen LogP contribution in [0.25, 0.3) is 0 Å². The van der Waals surface area contributed by atoms with Crippen molar-refractivity contribution in [2.24, 2.45) is 5.73 Å². The Labute approximate surface area is 103 Å². The molecule has 1 aromatic heterocycles. The predicted octanol–water partition coefficient (Wildman–Crippen LogP) is 0.989. The first-order valence-electron chi connectivity index (χ1n) is 6.48. The van der Waals surface area contributed by atoms with Gasteiger partial charge in [0.1, 0.15) is 0 Å². The quantitative estimate of drug-likeness (QED) is 0.746. The van der Waals surface area contributed by atoms with E-state index in [-0.39, 0.29) is 0 Å². The van der Waals surface area contributed by atoms with Gasteiger partial charge in [0, 0.05) is 37.2 Å². The van der Waals surface area contributed by atoms with Crippen molar-refractivity contribution >= 4 is 5.69 Å². The van der Waals surface area contributed by atoms with Gasteiger partial charge in [-0.15, -0.1) is 0 Å². The third kappa shape index (κ3) is 3.68. The summed E-state index contributed by atoms with van der Waals surface area (Å²) in [5.41, 5.74) is 6.78. The van der Waals surface area contributed by atoms with E-state index in [9.17, 15) is 0 Å². The second-order valence-electron chi connectivity index (χ2n) is 4.56. The van der Waals surface area contributed by atoms with E-state index >= 15 is 0 Å². The van der Waals surface area contributed by atoms with Crippen molar-refractivity contribution in [1.29, 1.82) is 0 Å². The molecule has 0 aromatic carbocycles. The topological polar surface area (TPSA) is 54.2 Å². The molecule has 0 amide bonds. The molecule has 0 atom stereocenters. The first-order valence-corrected chi connectivity index (χ1v) is 6.48. The van der Waals surface area contributed by atoms with Crippen LogP contribution in [0.3, 0.4) is 0 Å². The van der Waals surface area contributed by atoms with E-state index < -0.39 is 0 Å². The maximum Gasteiger partial charge on any atom is 0.0397 e. The van der Waals surface area contributed by atoms with Gasteiger partial charge < -0.3 is 16.0 Å². The molecule has 1 saturated heterocycles. The van der Waals surface area contributed by atoms with Gasteiger partial charge in [-0.3, -0.25) is 4.98 Å². The molecule has 4 heteroatoms. The summed E-state index contributed by atoms with van der Waals surface area (Å²) < 4.78 is 0. The van der Waals surface area contributed by atoms with Crippen molar-refractivity contribution in [2.45, 2.75) is 25.3 Å². The first kappa shape index (κ1) is 12.3. The molecule has 1 aliphatic rings. The molecule has 0 radical (unpaired) electrons. The molecule has 1 fully saturated rings. The van der Waals surface area contributed by atoms with E-state index in [1.54, 1.807) is 0 Å².